The van der Waals surface area contributed by atoms with E-state index in [2.05, 4.69) is 6.92 Å². The van der Waals surface area contributed by atoms with Gasteiger partial charge in [0.2, 0.25) is 0 Å². The second-order valence-electron chi connectivity index (χ2n) is 4.55. The van der Waals surface area contributed by atoms with Crippen molar-refractivity contribution in [3.05, 3.63) is 0 Å². The van der Waals surface area contributed by atoms with Crippen molar-refractivity contribution in [1.29, 1.82) is 0 Å². The smallest absolute Gasteiger partial charge is 0.308 e. The average molecular weight is 206 g/mol. The van der Waals surface area contributed by atoms with Gasteiger partial charge >= 0.3 is 5.97 Å². The predicted octanol–water partition coefficient (Wildman–Crippen LogP) is 1.26. The van der Waals surface area contributed by atoms with Crippen LogP contribution in [0.3, 0.4) is 0 Å². The van der Waals surface area contributed by atoms with Gasteiger partial charge in [-0.15, -0.1) is 12.4 Å². The lowest BCUT2D eigenvalue weighted by atomic mass is 9.75. The molecular formula is C9H16ClNO2. The summed E-state index contributed by atoms with van der Waals surface area (Å²) in [7, 11) is 0. The van der Waals surface area contributed by atoms with E-state index in [1.165, 1.54) is 0 Å². The maximum Gasteiger partial charge on any atom is 0.308 e. The van der Waals surface area contributed by atoms with E-state index in [1.54, 1.807) is 0 Å². The Balaban J connectivity index is 0.000000845. The second-order valence-corrected chi connectivity index (χ2v) is 4.55. The molecule has 2 fully saturated rings. The molecular weight excluding hydrogens is 190 g/mol. The van der Waals surface area contributed by atoms with Crippen molar-refractivity contribution >= 4 is 18.4 Å². The highest BCUT2D eigenvalue weighted by Crippen LogP contribution is 2.56. The van der Waals surface area contributed by atoms with E-state index in [4.69, 9.17) is 10.8 Å². The van der Waals surface area contributed by atoms with Gasteiger partial charge in [0.25, 0.3) is 0 Å². The van der Waals surface area contributed by atoms with Crippen LogP contribution in [0.5, 0.6) is 0 Å². The summed E-state index contributed by atoms with van der Waals surface area (Å²) < 4.78 is 0. The fraction of sp³-hybridized carbons (Fsp3) is 0.889. The molecule has 2 bridgehead atoms. The normalized spacial score (nSPS) is 47.4. The van der Waals surface area contributed by atoms with Crippen LogP contribution >= 0.6 is 12.4 Å². The van der Waals surface area contributed by atoms with Crippen LogP contribution in [0.25, 0.3) is 0 Å². The standard InChI is InChI=1S/C9H15NO2.ClH/c1-9-3-2-5(4-9)7(10)6(9)8(11)12;/h5-7H,2-4,10H2,1H3,(H,11,12);1H/t5-,6-,7+,9+;/m0./s1. The van der Waals surface area contributed by atoms with Crippen LogP contribution in [-0.4, -0.2) is 17.1 Å². The Bertz CT molecular complexity index is 234. The molecule has 0 aromatic carbocycles. The molecule has 0 aromatic rings. The Hall–Kier alpha value is -0.280. The molecule has 76 valence electrons. The molecule has 4 heteroatoms. The molecule has 0 saturated heterocycles. The summed E-state index contributed by atoms with van der Waals surface area (Å²) in [5, 5.41) is 8.99. The van der Waals surface area contributed by atoms with Crippen molar-refractivity contribution in [2.45, 2.75) is 32.2 Å². The lowest BCUT2D eigenvalue weighted by Crippen LogP contribution is -2.43. The maximum absolute atomic E-state index is 10.9. The van der Waals surface area contributed by atoms with Crippen LogP contribution in [0.4, 0.5) is 0 Å². The zero-order valence-corrected chi connectivity index (χ0v) is 8.51. The van der Waals surface area contributed by atoms with E-state index >= 15 is 0 Å². The summed E-state index contributed by atoms with van der Waals surface area (Å²) in [5.74, 6) is -0.528. The van der Waals surface area contributed by atoms with Crippen molar-refractivity contribution in [2.75, 3.05) is 0 Å². The SMILES string of the molecule is C[C@@]12CC[C@@H](C1)[C@@H](N)[C@H]2C(=O)O.Cl. The van der Waals surface area contributed by atoms with Gasteiger partial charge in [0.1, 0.15) is 0 Å². The fourth-order valence-corrected chi connectivity index (χ4v) is 3.13. The molecule has 0 heterocycles. The molecule has 0 radical (unpaired) electrons. The minimum Gasteiger partial charge on any atom is -0.481 e. The van der Waals surface area contributed by atoms with Crippen molar-refractivity contribution in [3.8, 4) is 0 Å². The van der Waals surface area contributed by atoms with Gasteiger partial charge in [-0.2, -0.15) is 0 Å². The van der Waals surface area contributed by atoms with Gasteiger partial charge in [-0.05, 0) is 30.6 Å². The first-order valence-electron chi connectivity index (χ1n) is 4.53. The average Bonchev–Trinajstić information content (AvgIpc) is 2.40. The molecule has 2 aliphatic carbocycles. The van der Waals surface area contributed by atoms with Crippen LogP contribution in [0.1, 0.15) is 26.2 Å². The summed E-state index contributed by atoms with van der Waals surface area (Å²) in [5.41, 5.74) is 5.87. The van der Waals surface area contributed by atoms with Crippen molar-refractivity contribution in [3.63, 3.8) is 0 Å². The van der Waals surface area contributed by atoms with Gasteiger partial charge in [-0.1, -0.05) is 6.92 Å². The highest BCUT2D eigenvalue weighted by Gasteiger charge is 2.56. The third kappa shape index (κ3) is 1.34. The number of hydrogen-bond acceptors (Lipinski definition) is 2. The first-order valence-corrected chi connectivity index (χ1v) is 4.53. The minimum absolute atomic E-state index is 0. The van der Waals surface area contributed by atoms with Crippen LogP contribution in [-0.2, 0) is 4.79 Å². The first kappa shape index (κ1) is 10.8. The quantitative estimate of drug-likeness (QED) is 0.678. The van der Waals surface area contributed by atoms with Gasteiger partial charge in [-0.3, -0.25) is 4.79 Å². The van der Waals surface area contributed by atoms with Crippen molar-refractivity contribution in [1.82, 2.24) is 0 Å². The third-order valence-corrected chi connectivity index (χ3v) is 3.76. The van der Waals surface area contributed by atoms with E-state index in [0.29, 0.717) is 5.92 Å². The molecule has 2 aliphatic rings. The lowest BCUT2D eigenvalue weighted by Gasteiger charge is -2.31. The Morgan fingerprint density at radius 1 is 1.62 bits per heavy atom. The highest BCUT2D eigenvalue weighted by molar-refractivity contribution is 5.85. The maximum atomic E-state index is 10.9. The fourth-order valence-electron chi connectivity index (χ4n) is 3.13. The molecule has 0 aliphatic heterocycles. The number of hydrogen-bond donors (Lipinski definition) is 2. The molecule has 0 unspecified atom stereocenters. The van der Waals surface area contributed by atoms with E-state index in [9.17, 15) is 4.79 Å². The number of carboxylic acid groups (broad SMARTS) is 1. The van der Waals surface area contributed by atoms with Gasteiger partial charge in [0, 0.05) is 6.04 Å². The van der Waals surface area contributed by atoms with Crippen molar-refractivity contribution < 1.29 is 9.90 Å². The van der Waals surface area contributed by atoms with E-state index in [-0.39, 0.29) is 29.8 Å². The van der Waals surface area contributed by atoms with Crippen LogP contribution < -0.4 is 5.73 Å². The van der Waals surface area contributed by atoms with E-state index < -0.39 is 5.97 Å². The second kappa shape index (κ2) is 3.14. The van der Waals surface area contributed by atoms with Gasteiger partial charge in [0.05, 0.1) is 5.92 Å². The lowest BCUT2D eigenvalue weighted by molar-refractivity contribution is -0.146. The monoisotopic (exact) mass is 205 g/mol. The van der Waals surface area contributed by atoms with E-state index in [0.717, 1.165) is 19.3 Å². The molecule has 2 rings (SSSR count). The topological polar surface area (TPSA) is 63.3 Å². The summed E-state index contributed by atoms with van der Waals surface area (Å²) >= 11 is 0. The molecule has 2 saturated carbocycles. The van der Waals surface area contributed by atoms with Crippen molar-refractivity contribution in [2.24, 2.45) is 23.0 Å². The largest absolute Gasteiger partial charge is 0.481 e. The molecule has 0 spiro atoms. The van der Waals surface area contributed by atoms with Crippen LogP contribution in [0, 0.1) is 17.3 Å². The molecule has 0 amide bonds. The highest BCUT2D eigenvalue weighted by atomic mass is 35.5. The number of nitrogens with two attached hydrogens (primary N) is 1. The Morgan fingerprint density at radius 2 is 2.23 bits per heavy atom. The van der Waals surface area contributed by atoms with Gasteiger partial charge < -0.3 is 10.8 Å². The third-order valence-electron chi connectivity index (χ3n) is 3.76. The predicted molar refractivity (Wildman–Crippen MR) is 51.8 cm³/mol. The first-order chi connectivity index (χ1) is 5.54. The number of aliphatic carboxylic acids is 1. The van der Waals surface area contributed by atoms with E-state index in [1.807, 2.05) is 0 Å². The molecule has 0 aromatic heterocycles. The number of halogens is 1. The molecule has 13 heavy (non-hydrogen) atoms. The van der Waals surface area contributed by atoms with Crippen LogP contribution in [0.15, 0.2) is 0 Å². The number of carboxylic acids is 1. The minimum atomic E-state index is -0.702. The summed E-state index contributed by atoms with van der Waals surface area (Å²) in [6.07, 6.45) is 3.19. The Morgan fingerprint density at radius 3 is 2.54 bits per heavy atom. The summed E-state index contributed by atoms with van der Waals surface area (Å²) in [6.45, 7) is 2.07. The zero-order chi connectivity index (χ0) is 8.93. The molecule has 3 nitrogen and oxygen atoms in total. The molecule has 4 atom stereocenters. The summed E-state index contributed by atoms with van der Waals surface area (Å²) in [6, 6.07) is -0.0961. The van der Waals surface area contributed by atoms with Gasteiger partial charge in [-0.25, -0.2) is 0 Å². The number of carbonyl (C=O) groups is 1. The zero-order valence-electron chi connectivity index (χ0n) is 7.69. The Kier molecular flexibility index (Phi) is 2.61. The van der Waals surface area contributed by atoms with Gasteiger partial charge in [0.15, 0.2) is 0 Å². The number of rotatable bonds is 1. The Labute approximate surface area is 84.1 Å². The summed E-state index contributed by atoms with van der Waals surface area (Å²) in [4.78, 5) is 10.9. The number of fused-ring (bicyclic) bond motifs is 2. The molecule has 3 N–H and O–H groups in total. The van der Waals surface area contributed by atoms with Crippen LogP contribution in [0.2, 0.25) is 0 Å².